The van der Waals surface area contributed by atoms with Crippen LogP contribution < -0.4 is 0 Å². The molecule has 0 unspecified atom stereocenters. The minimum atomic E-state index is -0.397. The highest BCUT2D eigenvalue weighted by atomic mass is 16.5. The highest BCUT2D eigenvalue weighted by Gasteiger charge is 2.32. The van der Waals surface area contributed by atoms with Crippen molar-refractivity contribution in [2.24, 2.45) is 5.92 Å². The molecule has 2 aliphatic heterocycles. The summed E-state index contributed by atoms with van der Waals surface area (Å²) in [5.74, 6) is 1.55. The summed E-state index contributed by atoms with van der Waals surface area (Å²) in [6.45, 7) is 9.10. The molecule has 2 saturated heterocycles. The van der Waals surface area contributed by atoms with Crippen LogP contribution in [0, 0.1) is 5.92 Å². The van der Waals surface area contributed by atoms with E-state index in [-0.39, 0.29) is 11.9 Å². The Morgan fingerprint density at radius 3 is 2.67 bits per heavy atom. The van der Waals surface area contributed by atoms with E-state index in [0.29, 0.717) is 32.0 Å². The maximum Gasteiger partial charge on any atom is 0.242 e. The van der Waals surface area contributed by atoms with Crippen LogP contribution in [0.4, 0.5) is 0 Å². The van der Waals surface area contributed by atoms with E-state index in [2.05, 4.69) is 23.3 Å². The van der Waals surface area contributed by atoms with Gasteiger partial charge in [0.1, 0.15) is 12.4 Å². The fourth-order valence-corrected chi connectivity index (χ4v) is 4.72. The molecule has 2 aliphatic rings. The zero-order valence-electron chi connectivity index (χ0n) is 18.2. The predicted octanol–water partition coefficient (Wildman–Crippen LogP) is 1.92. The molecule has 7 heteroatoms. The molecule has 2 fully saturated rings. The van der Waals surface area contributed by atoms with Gasteiger partial charge in [0.25, 0.3) is 0 Å². The molecule has 2 atom stereocenters. The molecular weight excluding hydrogens is 380 g/mol. The number of nitrogens with zero attached hydrogens (tertiary/aromatic N) is 4. The number of fused-ring (bicyclic) bond motifs is 1. The van der Waals surface area contributed by atoms with Gasteiger partial charge in [-0.1, -0.05) is 26.0 Å². The lowest BCUT2D eigenvalue weighted by atomic mass is 10.0. The highest BCUT2D eigenvalue weighted by molar-refractivity contribution is 5.81. The zero-order valence-corrected chi connectivity index (χ0v) is 18.2. The smallest absolute Gasteiger partial charge is 0.242 e. The fourth-order valence-electron chi connectivity index (χ4n) is 4.72. The highest BCUT2D eigenvalue weighted by Crippen LogP contribution is 2.21. The minimum absolute atomic E-state index is 0.109. The van der Waals surface area contributed by atoms with Crippen LogP contribution in [0.15, 0.2) is 24.3 Å². The molecule has 164 valence electrons. The molecule has 7 nitrogen and oxygen atoms in total. The van der Waals surface area contributed by atoms with Crippen LogP contribution in [-0.4, -0.2) is 81.9 Å². The van der Waals surface area contributed by atoms with Gasteiger partial charge in [-0.2, -0.15) is 0 Å². The Kier molecular flexibility index (Phi) is 6.71. The Morgan fingerprint density at radius 1 is 1.17 bits per heavy atom. The third kappa shape index (κ3) is 4.68. The van der Waals surface area contributed by atoms with Crippen molar-refractivity contribution in [2.45, 2.75) is 51.8 Å². The van der Waals surface area contributed by atoms with Gasteiger partial charge in [-0.05, 0) is 30.9 Å². The number of hydrogen-bond donors (Lipinski definition) is 1. The average molecular weight is 415 g/mol. The molecule has 1 N–H and O–H groups in total. The van der Waals surface area contributed by atoms with Crippen molar-refractivity contribution in [2.75, 3.05) is 39.4 Å². The predicted molar refractivity (Wildman–Crippen MR) is 116 cm³/mol. The molecule has 4 rings (SSSR count). The number of ether oxygens (including phenoxy) is 1. The number of hydrogen-bond acceptors (Lipinski definition) is 5. The van der Waals surface area contributed by atoms with Crippen LogP contribution in [0.2, 0.25) is 0 Å². The Bertz CT molecular complexity index is 859. The summed E-state index contributed by atoms with van der Waals surface area (Å²) in [5.41, 5.74) is 1.96. The summed E-state index contributed by atoms with van der Waals surface area (Å²) in [4.78, 5) is 22.3. The number of carbonyl (C=O) groups excluding carboxylic acids is 1. The van der Waals surface area contributed by atoms with E-state index < -0.39 is 6.10 Å². The van der Waals surface area contributed by atoms with E-state index in [9.17, 15) is 9.90 Å². The molecule has 0 aliphatic carbocycles. The average Bonchev–Trinajstić information content (AvgIpc) is 2.94. The minimum Gasteiger partial charge on any atom is -0.391 e. The van der Waals surface area contributed by atoms with Crippen LogP contribution >= 0.6 is 0 Å². The Balaban J connectivity index is 1.47. The Labute approximate surface area is 178 Å². The molecule has 0 bridgehead atoms. The molecule has 1 amide bonds. The molecule has 2 aromatic rings. The number of morpholine rings is 1. The van der Waals surface area contributed by atoms with Crippen LogP contribution in [0.5, 0.6) is 0 Å². The number of amides is 1. The van der Waals surface area contributed by atoms with Gasteiger partial charge in [0, 0.05) is 38.6 Å². The first-order valence-electron chi connectivity index (χ1n) is 11.2. The summed E-state index contributed by atoms with van der Waals surface area (Å²) in [6, 6.07) is 8.15. The second kappa shape index (κ2) is 9.45. The van der Waals surface area contributed by atoms with Gasteiger partial charge in [0.15, 0.2) is 0 Å². The topological polar surface area (TPSA) is 70.8 Å². The van der Waals surface area contributed by atoms with Gasteiger partial charge >= 0.3 is 0 Å². The van der Waals surface area contributed by atoms with Crippen molar-refractivity contribution in [1.82, 2.24) is 19.4 Å². The first-order valence-corrected chi connectivity index (χ1v) is 11.2. The van der Waals surface area contributed by atoms with E-state index in [1.807, 2.05) is 29.2 Å². The summed E-state index contributed by atoms with van der Waals surface area (Å²) in [6.07, 6.45) is 1.87. The summed E-state index contributed by atoms with van der Waals surface area (Å²) in [7, 11) is 0. The van der Waals surface area contributed by atoms with Crippen molar-refractivity contribution in [3.63, 3.8) is 0 Å². The molecule has 30 heavy (non-hydrogen) atoms. The lowest BCUT2D eigenvalue weighted by molar-refractivity contribution is -0.131. The van der Waals surface area contributed by atoms with Gasteiger partial charge in [0.05, 0.1) is 30.4 Å². The molecule has 1 aromatic heterocycles. The fraction of sp³-hybridized carbons (Fsp3) is 0.652. The Hall–Kier alpha value is -1.96. The third-order valence-electron chi connectivity index (χ3n) is 6.32. The monoisotopic (exact) mass is 414 g/mol. The lowest BCUT2D eigenvalue weighted by Crippen LogP contribution is -2.49. The van der Waals surface area contributed by atoms with Gasteiger partial charge in [0.2, 0.25) is 5.91 Å². The Morgan fingerprint density at radius 2 is 1.90 bits per heavy atom. The number of likely N-dealkylation sites (tertiary alicyclic amines) is 1. The van der Waals surface area contributed by atoms with E-state index in [4.69, 9.17) is 9.72 Å². The first-order chi connectivity index (χ1) is 14.5. The molecule has 3 heterocycles. The van der Waals surface area contributed by atoms with E-state index in [1.165, 1.54) is 0 Å². The van der Waals surface area contributed by atoms with Gasteiger partial charge in [-0.3, -0.25) is 9.69 Å². The van der Waals surface area contributed by atoms with Crippen LogP contribution in [0.3, 0.4) is 0 Å². The van der Waals surface area contributed by atoms with Crippen molar-refractivity contribution in [3.8, 4) is 0 Å². The van der Waals surface area contributed by atoms with Gasteiger partial charge < -0.3 is 19.3 Å². The van der Waals surface area contributed by atoms with Crippen molar-refractivity contribution in [3.05, 3.63) is 30.1 Å². The second-order valence-corrected chi connectivity index (χ2v) is 8.94. The van der Waals surface area contributed by atoms with Gasteiger partial charge in [-0.15, -0.1) is 0 Å². The summed E-state index contributed by atoms with van der Waals surface area (Å²) >= 11 is 0. The SMILES string of the molecule is CC(C)Cc1nc2ccccc2n1CC(=O)N1CC[C@H](O)[C@@H](N2CCOCC2)CC1. The van der Waals surface area contributed by atoms with Crippen molar-refractivity contribution >= 4 is 16.9 Å². The number of aliphatic hydroxyl groups excluding tert-OH is 1. The lowest BCUT2D eigenvalue weighted by Gasteiger charge is -2.36. The second-order valence-electron chi connectivity index (χ2n) is 8.94. The molecular formula is C23H34N4O3. The normalized spacial score (nSPS) is 23.8. The number of carbonyl (C=O) groups is 1. The summed E-state index contributed by atoms with van der Waals surface area (Å²) < 4.78 is 7.53. The quantitative estimate of drug-likeness (QED) is 0.809. The molecule has 0 radical (unpaired) electrons. The number of rotatable bonds is 5. The maximum atomic E-state index is 13.3. The largest absolute Gasteiger partial charge is 0.391 e. The first kappa shape index (κ1) is 21.3. The maximum absolute atomic E-state index is 13.3. The number of benzene rings is 1. The third-order valence-corrected chi connectivity index (χ3v) is 6.32. The molecule has 0 saturated carbocycles. The standard InChI is InChI=1S/C23H34N4O3/c1-17(2)15-22-24-18-5-3-4-6-19(18)27(22)16-23(29)26-9-7-20(21(28)8-10-26)25-11-13-30-14-12-25/h3-6,17,20-21,28H,7-16H2,1-2H3/t20-,21-/m0/s1. The van der Waals surface area contributed by atoms with Crippen molar-refractivity contribution in [1.29, 1.82) is 0 Å². The number of aliphatic hydroxyl groups is 1. The number of para-hydroxylation sites is 2. The van der Waals surface area contributed by atoms with Gasteiger partial charge in [-0.25, -0.2) is 4.98 Å². The number of aromatic nitrogens is 2. The van der Waals surface area contributed by atoms with Crippen molar-refractivity contribution < 1.29 is 14.6 Å². The zero-order chi connectivity index (χ0) is 21.1. The van der Waals surface area contributed by atoms with E-state index >= 15 is 0 Å². The number of imidazole rings is 1. The van der Waals surface area contributed by atoms with Crippen LogP contribution in [0.1, 0.15) is 32.5 Å². The van der Waals surface area contributed by atoms with Crippen LogP contribution in [0.25, 0.3) is 11.0 Å². The van der Waals surface area contributed by atoms with E-state index in [1.54, 1.807) is 0 Å². The molecule has 0 spiro atoms. The van der Waals surface area contributed by atoms with Crippen LogP contribution in [-0.2, 0) is 22.5 Å². The summed E-state index contributed by atoms with van der Waals surface area (Å²) in [5, 5.41) is 10.7. The molecule has 1 aromatic carbocycles. The van der Waals surface area contributed by atoms with E-state index in [0.717, 1.165) is 56.0 Å².